The summed E-state index contributed by atoms with van der Waals surface area (Å²) < 4.78 is 22.3. The third-order valence-electron chi connectivity index (χ3n) is 1.89. The van der Waals surface area contributed by atoms with E-state index in [0.717, 1.165) is 5.56 Å². The van der Waals surface area contributed by atoms with Crippen LogP contribution in [-0.2, 0) is 9.84 Å². The van der Waals surface area contributed by atoms with Crippen molar-refractivity contribution in [2.24, 2.45) is 10.9 Å². The molecule has 0 aliphatic rings. The highest BCUT2D eigenvalue weighted by Gasteiger charge is 2.06. The first-order valence-electron chi connectivity index (χ1n) is 4.00. The van der Waals surface area contributed by atoms with Crippen LogP contribution in [0.5, 0.6) is 0 Å². The zero-order valence-corrected chi connectivity index (χ0v) is 8.88. The molecule has 4 nitrogen and oxygen atoms in total. The van der Waals surface area contributed by atoms with Gasteiger partial charge in [0, 0.05) is 6.26 Å². The van der Waals surface area contributed by atoms with E-state index in [0.29, 0.717) is 10.6 Å². The molecule has 0 aromatic heterocycles. The van der Waals surface area contributed by atoms with Crippen molar-refractivity contribution in [2.75, 3.05) is 6.26 Å². The lowest BCUT2D eigenvalue weighted by Gasteiger charge is -2.01. The van der Waals surface area contributed by atoms with Crippen LogP contribution in [0.15, 0.2) is 34.3 Å². The van der Waals surface area contributed by atoms with Crippen LogP contribution in [0.2, 0.25) is 0 Å². The van der Waals surface area contributed by atoms with Crippen molar-refractivity contribution in [3.8, 4) is 0 Å². The SMILES string of the molecule is C/C(=N/N)c1ccc(S(C)(=O)=O)cc1. The summed E-state index contributed by atoms with van der Waals surface area (Å²) in [6.45, 7) is 1.76. The van der Waals surface area contributed by atoms with Gasteiger partial charge in [-0.2, -0.15) is 5.10 Å². The van der Waals surface area contributed by atoms with Crippen molar-refractivity contribution in [1.82, 2.24) is 0 Å². The molecule has 0 radical (unpaired) electrons. The molecule has 14 heavy (non-hydrogen) atoms. The lowest BCUT2D eigenvalue weighted by atomic mass is 10.1. The van der Waals surface area contributed by atoms with Crippen LogP contribution < -0.4 is 5.84 Å². The van der Waals surface area contributed by atoms with E-state index < -0.39 is 9.84 Å². The second-order valence-electron chi connectivity index (χ2n) is 3.01. The molecule has 0 heterocycles. The van der Waals surface area contributed by atoms with Crippen LogP contribution in [0, 0.1) is 0 Å². The lowest BCUT2D eigenvalue weighted by Crippen LogP contribution is -2.01. The first kappa shape index (κ1) is 10.7. The summed E-state index contributed by atoms with van der Waals surface area (Å²) in [5.74, 6) is 5.10. The number of nitrogens with two attached hydrogens (primary N) is 1. The van der Waals surface area contributed by atoms with E-state index in [9.17, 15) is 8.42 Å². The third-order valence-corrected chi connectivity index (χ3v) is 3.02. The first-order valence-corrected chi connectivity index (χ1v) is 5.89. The van der Waals surface area contributed by atoms with E-state index in [4.69, 9.17) is 5.84 Å². The smallest absolute Gasteiger partial charge is 0.175 e. The Bertz CT molecular complexity index is 446. The maximum absolute atomic E-state index is 11.1. The predicted molar refractivity (Wildman–Crippen MR) is 56.0 cm³/mol. The van der Waals surface area contributed by atoms with E-state index in [1.807, 2.05) is 0 Å². The number of hydrogen-bond donors (Lipinski definition) is 1. The molecule has 76 valence electrons. The van der Waals surface area contributed by atoms with Crippen LogP contribution in [0.4, 0.5) is 0 Å². The number of benzene rings is 1. The van der Waals surface area contributed by atoms with E-state index in [1.165, 1.54) is 6.26 Å². The molecule has 2 N–H and O–H groups in total. The Hall–Kier alpha value is -1.36. The van der Waals surface area contributed by atoms with Gasteiger partial charge in [0.1, 0.15) is 0 Å². The molecule has 0 aliphatic carbocycles. The van der Waals surface area contributed by atoms with Gasteiger partial charge in [0.25, 0.3) is 0 Å². The fourth-order valence-electron chi connectivity index (χ4n) is 1.02. The monoisotopic (exact) mass is 212 g/mol. The Morgan fingerprint density at radius 3 is 2.14 bits per heavy atom. The van der Waals surface area contributed by atoms with E-state index >= 15 is 0 Å². The van der Waals surface area contributed by atoms with Gasteiger partial charge in [-0.3, -0.25) is 0 Å². The van der Waals surface area contributed by atoms with Gasteiger partial charge in [-0.25, -0.2) is 8.42 Å². The van der Waals surface area contributed by atoms with Crippen molar-refractivity contribution >= 4 is 15.5 Å². The van der Waals surface area contributed by atoms with Gasteiger partial charge in [-0.15, -0.1) is 0 Å². The molecule has 0 saturated heterocycles. The van der Waals surface area contributed by atoms with Crippen molar-refractivity contribution in [3.05, 3.63) is 29.8 Å². The highest BCUT2D eigenvalue weighted by atomic mass is 32.2. The van der Waals surface area contributed by atoms with Crippen LogP contribution >= 0.6 is 0 Å². The molecule has 1 aromatic rings. The summed E-state index contributed by atoms with van der Waals surface area (Å²) >= 11 is 0. The highest BCUT2D eigenvalue weighted by Crippen LogP contribution is 2.10. The zero-order valence-electron chi connectivity index (χ0n) is 8.06. The summed E-state index contributed by atoms with van der Waals surface area (Å²) in [5.41, 5.74) is 1.49. The minimum atomic E-state index is -3.12. The summed E-state index contributed by atoms with van der Waals surface area (Å²) in [5, 5.41) is 3.52. The topological polar surface area (TPSA) is 72.5 Å². The summed E-state index contributed by atoms with van der Waals surface area (Å²) in [4.78, 5) is 0.297. The minimum Gasteiger partial charge on any atom is -0.323 e. The molecular formula is C9H12N2O2S. The number of rotatable bonds is 2. The Morgan fingerprint density at radius 2 is 1.79 bits per heavy atom. The number of sulfone groups is 1. The molecule has 1 aromatic carbocycles. The van der Waals surface area contributed by atoms with E-state index in [1.54, 1.807) is 31.2 Å². The van der Waals surface area contributed by atoms with Crippen LogP contribution in [0.25, 0.3) is 0 Å². The van der Waals surface area contributed by atoms with E-state index in [2.05, 4.69) is 5.10 Å². The van der Waals surface area contributed by atoms with Gasteiger partial charge in [0.2, 0.25) is 0 Å². The molecule has 0 bridgehead atoms. The molecule has 0 fully saturated rings. The molecule has 0 aliphatic heterocycles. The third kappa shape index (κ3) is 2.32. The van der Waals surface area contributed by atoms with Gasteiger partial charge in [0.05, 0.1) is 10.6 Å². The fourth-order valence-corrected chi connectivity index (χ4v) is 1.65. The van der Waals surface area contributed by atoms with Crippen molar-refractivity contribution in [1.29, 1.82) is 0 Å². The Labute approximate surface area is 83.4 Å². The van der Waals surface area contributed by atoms with Gasteiger partial charge in [-0.1, -0.05) is 12.1 Å². The highest BCUT2D eigenvalue weighted by molar-refractivity contribution is 7.90. The Balaban J connectivity index is 3.14. The average molecular weight is 212 g/mol. The quantitative estimate of drug-likeness (QED) is 0.447. The summed E-state index contributed by atoms with van der Waals surface area (Å²) in [7, 11) is -3.12. The standard InChI is InChI=1S/C9H12N2O2S/c1-7(11-10)8-3-5-9(6-4-8)14(2,12)13/h3-6H,10H2,1-2H3/b11-7-. The molecule has 5 heteroatoms. The van der Waals surface area contributed by atoms with Gasteiger partial charge < -0.3 is 5.84 Å². The van der Waals surface area contributed by atoms with Crippen LogP contribution in [0.3, 0.4) is 0 Å². The number of hydrogen-bond acceptors (Lipinski definition) is 4. The minimum absolute atomic E-state index is 0.297. The predicted octanol–water partition coefficient (Wildman–Crippen LogP) is 0.773. The average Bonchev–Trinajstić information content (AvgIpc) is 2.15. The van der Waals surface area contributed by atoms with E-state index in [-0.39, 0.29) is 0 Å². The Kier molecular flexibility index (Phi) is 2.90. The number of nitrogens with zero attached hydrogens (tertiary/aromatic N) is 1. The summed E-state index contributed by atoms with van der Waals surface area (Å²) in [6.07, 6.45) is 1.17. The molecule has 0 unspecified atom stereocenters. The molecule has 0 atom stereocenters. The molecule has 0 amide bonds. The Morgan fingerprint density at radius 1 is 1.29 bits per heavy atom. The molecule has 0 saturated carbocycles. The van der Waals surface area contributed by atoms with Gasteiger partial charge in [0.15, 0.2) is 9.84 Å². The van der Waals surface area contributed by atoms with Gasteiger partial charge >= 0.3 is 0 Å². The molecular weight excluding hydrogens is 200 g/mol. The normalized spacial score (nSPS) is 12.9. The van der Waals surface area contributed by atoms with Gasteiger partial charge in [-0.05, 0) is 24.6 Å². The van der Waals surface area contributed by atoms with Crippen molar-refractivity contribution in [3.63, 3.8) is 0 Å². The van der Waals surface area contributed by atoms with Crippen molar-refractivity contribution in [2.45, 2.75) is 11.8 Å². The van der Waals surface area contributed by atoms with Crippen LogP contribution in [0.1, 0.15) is 12.5 Å². The fraction of sp³-hybridized carbons (Fsp3) is 0.222. The molecule has 0 spiro atoms. The second kappa shape index (κ2) is 3.79. The number of hydrazone groups is 1. The van der Waals surface area contributed by atoms with Crippen molar-refractivity contribution < 1.29 is 8.42 Å². The maximum atomic E-state index is 11.1. The zero-order chi connectivity index (χ0) is 10.8. The van der Waals surface area contributed by atoms with Crippen LogP contribution in [-0.4, -0.2) is 20.4 Å². The molecule has 1 rings (SSSR count). The largest absolute Gasteiger partial charge is 0.323 e. The first-order chi connectivity index (χ1) is 6.45. The lowest BCUT2D eigenvalue weighted by molar-refractivity contribution is 0.602. The summed E-state index contributed by atoms with van der Waals surface area (Å²) in [6, 6.07) is 6.45. The second-order valence-corrected chi connectivity index (χ2v) is 5.03. The maximum Gasteiger partial charge on any atom is 0.175 e.